The Morgan fingerprint density at radius 3 is 2.81 bits per heavy atom. The minimum absolute atomic E-state index is 0.245. The number of hydrogen-bond donors (Lipinski definition) is 1. The molecule has 0 aliphatic heterocycles. The van der Waals surface area contributed by atoms with Crippen molar-refractivity contribution in [3.8, 4) is 5.75 Å². The predicted octanol–water partition coefficient (Wildman–Crippen LogP) is 3.16. The number of furan rings is 1. The highest BCUT2D eigenvalue weighted by atomic mass is 16.5. The Balaban J connectivity index is 1.56. The van der Waals surface area contributed by atoms with Gasteiger partial charge in [-0.15, -0.1) is 0 Å². The Morgan fingerprint density at radius 1 is 1.13 bits per heavy atom. The van der Waals surface area contributed by atoms with Crippen LogP contribution in [0.1, 0.15) is 17.0 Å². The zero-order valence-electron chi connectivity index (χ0n) is 18.3. The van der Waals surface area contributed by atoms with Crippen LogP contribution in [0.5, 0.6) is 5.75 Å². The lowest BCUT2D eigenvalue weighted by atomic mass is 10.2. The monoisotopic (exact) mass is 428 g/mol. The zero-order chi connectivity index (χ0) is 21.9. The van der Waals surface area contributed by atoms with Crippen molar-refractivity contribution in [2.24, 2.45) is 0 Å². The van der Waals surface area contributed by atoms with E-state index in [9.17, 15) is 5.11 Å². The van der Waals surface area contributed by atoms with Crippen molar-refractivity contribution >= 4 is 0 Å². The molecule has 0 aliphatic rings. The first-order valence-corrected chi connectivity index (χ1v) is 10.4. The van der Waals surface area contributed by atoms with E-state index >= 15 is 0 Å². The molecule has 0 bridgehead atoms. The third-order valence-corrected chi connectivity index (χ3v) is 5.01. The van der Waals surface area contributed by atoms with Gasteiger partial charge >= 0.3 is 0 Å². The van der Waals surface area contributed by atoms with E-state index in [4.69, 9.17) is 18.6 Å². The van der Waals surface area contributed by atoms with E-state index < -0.39 is 6.10 Å². The molecule has 7 nitrogen and oxygen atoms in total. The molecule has 1 aromatic carbocycles. The second-order valence-corrected chi connectivity index (χ2v) is 7.46. The quantitative estimate of drug-likeness (QED) is 0.425. The number of aromatic nitrogens is 1. The summed E-state index contributed by atoms with van der Waals surface area (Å²) in [5, 5.41) is 10.5. The van der Waals surface area contributed by atoms with Crippen LogP contribution in [0, 0.1) is 0 Å². The maximum atomic E-state index is 10.5. The van der Waals surface area contributed by atoms with E-state index in [1.807, 2.05) is 36.4 Å². The van der Waals surface area contributed by atoms with Gasteiger partial charge in [0.1, 0.15) is 18.1 Å². The van der Waals surface area contributed by atoms with E-state index in [-0.39, 0.29) is 6.61 Å². The fourth-order valence-corrected chi connectivity index (χ4v) is 3.44. The van der Waals surface area contributed by atoms with Crippen molar-refractivity contribution in [2.75, 3.05) is 40.5 Å². The summed E-state index contributed by atoms with van der Waals surface area (Å²) in [4.78, 5) is 2.18. The fraction of sp³-hybridized carbons (Fsp3) is 0.417. The summed E-state index contributed by atoms with van der Waals surface area (Å²) < 4.78 is 23.7. The summed E-state index contributed by atoms with van der Waals surface area (Å²) in [5.74, 6) is 1.60. The van der Waals surface area contributed by atoms with Crippen LogP contribution in [0.15, 0.2) is 65.4 Å². The number of rotatable bonds is 14. The molecule has 0 spiro atoms. The molecule has 1 atom stereocenters. The minimum Gasteiger partial charge on any atom is -0.497 e. The molecule has 1 N–H and O–H groups in total. The van der Waals surface area contributed by atoms with E-state index in [2.05, 4.69) is 27.8 Å². The fourth-order valence-electron chi connectivity index (χ4n) is 3.44. The third-order valence-electron chi connectivity index (χ3n) is 5.01. The Bertz CT molecular complexity index is 878. The summed E-state index contributed by atoms with van der Waals surface area (Å²) in [6.45, 7) is 3.86. The molecule has 31 heavy (non-hydrogen) atoms. The van der Waals surface area contributed by atoms with E-state index in [0.29, 0.717) is 26.3 Å². The molecule has 0 saturated carbocycles. The summed E-state index contributed by atoms with van der Waals surface area (Å²) in [6, 6.07) is 15.9. The predicted molar refractivity (Wildman–Crippen MR) is 118 cm³/mol. The first-order valence-electron chi connectivity index (χ1n) is 10.4. The van der Waals surface area contributed by atoms with Crippen LogP contribution in [0.4, 0.5) is 0 Å². The van der Waals surface area contributed by atoms with Gasteiger partial charge in [0.05, 0.1) is 32.7 Å². The Labute approximate surface area is 183 Å². The molecule has 7 heteroatoms. The van der Waals surface area contributed by atoms with Gasteiger partial charge in [-0.05, 0) is 42.0 Å². The topological polar surface area (TPSA) is 69.2 Å². The molecule has 0 amide bonds. The number of aliphatic hydroxyl groups excluding tert-OH is 1. The van der Waals surface area contributed by atoms with Gasteiger partial charge in [0.15, 0.2) is 0 Å². The second-order valence-electron chi connectivity index (χ2n) is 7.46. The summed E-state index contributed by atoms with van der Waals surface area (Å²) in [5.41, 5.74) is 2.34. The van der Waals surface area contributed by atoms with Crippen LogP contribution in [0.2, 0.25) is 0 Å². The average Bonchev–Trinajstić information content (AvgIpc) is 3.44. The van der Waals surface area contributed by atoms with Crippen LogP contribution in [-0.4, -0.2) is 61.2 Å². The molecular weight excluding hydrogens is 396 g/mol. The maximum Gasteiger partial charge on any atom is 0.129 e. The van der Waals surface area contributed by atoms with Gasteiger partial charge in [-0.1, -0.05) is 12.1 Å². The number of ether oxygens (including phenoxy) is 3. The van der Waals surface area contributed by atoms with Crippen molar-refractivity contribution in [1.29, 1.82) is 0 Å². The van der Waals surface area contributed by atoms with E-state index in [1.165, 1.54) is 11.3 Å². The molecule has 3 rings (SSSR count). The molecule has 0 unspecified atom stereocenters. The molecule has 0 saturated heterocycles. The highest BCUT2D eigenvalue weighted by molar-refractivity contribution is 5.29. The Hall–Kier alpha value is -2.58. The van der Waals surface area contributed by atoms with Gasteiger partial charge in [-0.2, -0.15) is 0 Å². The van der Waals surface area contributed by atoms with Crippen molar-refractivity contribution < 1.29 is 23.7 Å². The normalized spacial score (nSPS) is 12.4. The standard InChI is InChI=1S/C24H32N2O5/c1-28-13-11-25(17-22(27)18-30-19-24-9-5-12-31-24)16-21-7-4-10-26(21)15-20-6-3-8-23(14-20)29-2/h3-10,12,14,22,27H,11,13,15-19H2,1-2H3/t22-/m0/s1. The molecule has 3 aromatic rings. The van der Waals surface area contributed by atoms with Crippen molar-refractivity contribution in [2.45, 2.75) is 25.8 Å². The number of hydrogen-bond acceptors (Lipinski definition) is 6. The molecule has 2 heterocycles. The lowest BCUT2D eigenvalue weighted by Gasteiger charge is -2.25. The van der Waals surface area contributed by atoms with Gasteiger partial charge in [-0.3, -0.25) is 4.90 Å². The third kappa shape index (κ3) is 7.56. The molecule has 0 fully saturated rings. The maximum absolute atomic E-state index is 10.5. The summed E-state index contributed by atoms with van der Waals surface area (Å²) in [6.07, 6.45) is 3.09. The van der Waals surface area contributed by atoms with Gasteiger partial charge in [0.25, 0.3) is 0 Å². The molecule has 2 aromatic heterocycles. The second kappa shape index (κ2) is 12.3. The van der Waals surface area contributed by atoms with Crippen LogP contribution in [0.3, 0.4) is 0 Å². The highest BCUT2D eigenvalue weighted by Gasteiger charge is 2.15. The SMILES string of the molecule is COCCN(Cc1cccn1Cc1cccc(OC)c1)C[C@H](O)COCc1ccco1. The molecule has 0 aliphatic carbocycles. The van der Waals surface area contributed by atoms with Crippen molar-refractivity contribution in [3.63, 3.8) is 0 Å². The van der Waals surface area contributed by atoms with Gasteiger partial charge < -0.3 is 28.3 Å². The zero-order valence-corrected chi connectivity index (χ0v) is 18.3. The smallest absolute Gasteiger partial charge is 0.129 e. The van der Waals surface area contributed by atoms with E-state index in [0.717, 1.165) is 24.6 Å². The van der Waals surface area contributed by atoms with Crippen LogP contribution in [-0.2, 0) is 29.2 Å². The largest absolute Gasteiger partial charge is 0.497 e. The molecule has 168 valence electrons. The van der Waals surface area contributed by atoms with Gasteiger partial charge in [0.2, 0.25) is 0 Å². The van der Waals surface area contributed by atoms with Crippen LogP contribution in [0.25, 0.3) is 0 Å². The first kappa shape index (κ1) is 23.1. The van der Waals surface area contributed by atoms with Crippen molar-refractivity contribution in [1.82, 2.24) is 9.47 Å². The Kier molecular flexibility index (Phi) is 9.17. The lowest BCUT2D eigenvalue weighted by Crippen LogP contribution is -2.37. The minimum atomic E-state index is -0.603. The van der Waals surface area contributed by atoms with Gasteiger partial charge in [-0.25, -0.2) is 0 Å². The van der Waals surface area contributed by atoms with E-state index in [1.54, 1.807) is 20.5 Å². The average molecular weight is 429 g/mol. The number of benzene rings is 1. The molecular formula is C24H32N2O5. The molecule has 0 radical (unpaired) electrons. The first-order chi connectivity index (χ1) is 15.2. The number of nitrogens with zero attached hydrogens (tertiary/aromatic N) is 2. The van der Waals surface area contributed by atoms with Crippen LogP contribution < -0.4 is 4.74 Å². The summed E-state index contributed by atoms with van der Waals surface area (Å²) >= 11 is 0. The van der Waals surface area contributed by atoms with Crippen LogP contribution >= 0.6 is 0 Å². The highest BCUT2D eigenvalue weighted by Crippen LogP contribution is 2.16. The van der Waals surface area contributed by atoms with Crippen molar-refractivity contribution in [3.05, 3.63) is 78.0 Å². The number of aliphatic hydroxyl groups is 1. The summed E-state index contributed by atoms with van der Waals surface area (Å²) in [7, 11) is 3.37. The lowest BCUT2D eigenvalue weighted by molar-refractivity contribution is 0.000155. The Morgan fingerprint density at radius 2 is 2.03 bits per heavy atom. The number of methoxy groups -OCH3 is 2. The van der Waals surface area contributed by atoms with Gasteiger partial charge in [0, 0.05) is 45.2 Å².